The third kappa shape index (κ3) is 6.65. The van der Waals surface area contributed by atoms with Crippen molar-refractivity contribution in [3.8, 4) is 5.75 Å². The van der Waals surface area contributed by atoms with Crippen LogP contribution in [0.2, 0.25) is 18.1 Å². The van der Waals surface area contributed by atoms with E-state index in [-0.39, 0.29) is 29.0 Å². The Hall–Kier alpha value is -2.37. The van der Waals surface area contributed by atoms with Gasteiger partial charge in [-0.25, -0.2) is 0 Å². The minimum Gasteiger partial charge on any atom is -0.497 e. The molecule has 3 atom stereocenters. The lowest BCUT2D eigenvalue weighted by Crippen LogP contribution is -2.47. The fraction of sp³-hybridized carbons (Fsp3) is 0.500. The molecule has 35 heavy (non-hydrogen) atoms. The smallest absolute Gasteiger partial charge is 0.224 e. The minimum atomic E-state index is -2.03. The van der Waals surface area contributed by atoms with Gasteiger partial charge >= 0.3 is 0 Å². The van der Waals surface area contributed by atoms with Crippen LogP contribution in [-0.4, -0.2) is 32.3 Å². The summed E-state index contributed by atoms with van der Waals surface area (Å²) in [5.74, 6) is 1.43. The van der Waals surface area contributed by atoms with Crippen LogP contribution < -0.4 is 4.74 Å². The highest BCUT2D eigenvalue weighted by atomic mass is 28.4. The Labute approximate surface area is 213 Å². The molecule has 190 valence electrons. The van der Waals surface area contributed by atoms with Crippen molar-refractivity contribution < 1.29 is 14.0 Å². The van der Waals surface area contributed by atoms with E-state index in [1.807, 2.05) is 35.2 Å². The van der Waals surface area contributed by atoms with Crippen LogP contribution in [-0.2, 0) is 15.8 Å². The van der Waals surface area contributed by atoms with Gasteiger partial charge in [-0.3, -0.25) is 4.79 Å². The Balaban J connectivity index is 2.05. The van der Waals surface area contributed by atoms with Gasteiger partial charge < -0.3 is 14.1 Å². The number of amides is 1. The van der Waals surface area contributed by atoms with E-state index in [1.165, 1.54) is 0 Å². The summed E-state index contributed by atoms with van der Waals surface area (Å²) in [6, 6.07) is 18.1. The van der Waals surface area contributed by atoms with Gasteiger partial charge in [-0.2, -0.15) is 0 Å². The lowest BCUT2D eigenvalue weighted by molar-refractivity contribution is -0.136. The largest absolute Gasteiger partial charge is 0.497 e. The predicted molar refractivity (Wildman–Crippen MR) is 147 cm³/mol. The van der Waals surface area contributed by atoms with Crippen LogP contribution in [0.5, 0.6) is 5.75 Å². The first kappa shape index (κ1) is 27.2. The Morgan fingerprint density at radius 2 is 1.63 bits per heavy atom. The second-order valence-electron chi connectivity index (χ2n) is 11.6. The summed E-state index contributed by atoms with van der Waals surface area (Å²) in [6.45, 7) is 16.4. The van der Waals surface area contributed by atoms with E-state index in [0.717, 1.165) is 16.9 Å². The SMILES string of the molecule is COc1ccc([C@H]2/C=C\[C@@H](O[Si](C)(C)C(C)(C)C)[C@H](C(C)C)CC(=O)N2Cc2ccccc2)cc1. The van der Waals surface area contributed by atoms with Crippen LogP contribution in [0, 0.1) is 11.8 Å². The number of hydrogen-bond acceptors (Lipinski definition) is 3. The number of carbonyl (C=O) groups excluding carboxylic acids is 1. The van der Waals surface area contributed by atoms with Gasteiger partial charge in [0.2, 0.25) is 5.91 Å². The third-order valence-electron chi connectivity index (χ3n) is 7.72. The van der Waals surface area contributed by atoms with Crippen LogP contribution in [0.25, 0.3) is 0 Å². The third-order valence-corrected chi connectivity index (χ3v) is 12.2. The van der Waals surface area contributed by atoms with Gasteiger partial charge in [-0.05, 0) is 53.2 Å². The van der Waals surface area contributed by atoms with Crippen LogP contribution in [0.4, 0.5) is 0 Å². The first-order valence-corrected chi connectivity index (χ1v) is 15.7. The monoisotopic (exact) mass is 493 g/mol. The molecule has 0 saturated carbocycles. The van der Waals surface area contributed by atoms with E-state index in [2.05, 4.69) is 84.1 Å². The molecule has 0 saturated heterocycles. The summed E-state index contributed by atoms with van der Waals surface area (Å²) in [7, 11) is -0.354. The zero-order valence-corrected chi connectivity index (χ0v) is 23.7. The molecule has 0 N–H and O–H groups in total. The number of nitrogens with zero attached hydrogens (tertiary/aromatic N) is 1. The number of rotatable bonds is 7. The van der Waals surface area contributed by atoms with E-state index in [0.29, 0.717) is 18.9 Å². The van der Waals surface area contributed by atoms with Gasteiger partial charge in [-0.15, -0.1) is 0 Å². The molecule has 0 aromatic heterocycles. The van der Waals surface area contributed by atoms with Gasteiger partial charge in [0.1, 0.15) is 5.75 Å². The highest BCUT2D eigenvalue weighted by Crippen LogP contribution is 2.41. The van der Waals surface area contributed by atoms with Crippen molar-refractivity contribution in [3.05, 3.63) is 77.9 Å². The van der Waals surface area contributed by atoms with Gasteiger partial charge in [-0.1, -0.05) is 89.2 Å². The topological polar surface area (TPSA) is 38.8 Å². The Morgan fingerprint density at radius 1 is 1.00 bits per heavy atom. The molecular formula is C30H43NO3Si. The number of carbonyl (C=O) groups is 1. The summed E-state index contributed by atoms with van der Waals surface area (Å²) < 4.78 is 12.3. The molecule has 0 aliphatic carbocycles. The second kappa shape index (κ2) is 11.1. The zero-order valence-electron chi connectivity index (χ0n) is 22.7. The van der Waals surface area contributed by atoms with Crippen molar-refractivity contribution in [2.45, 2.75) is 77.9 Å². The zero-order chi connectivity index (χ0) is 25.8. The van der Waals surface area contributed by atoms with Gasteiger partial charge in [0.15, 0.2) is 8.32 Å². The molecule has 3 rings (SSSR count). The van der Waals surface area contributed by atoms with Crippen LogP contribution in [0.15, 0.2) is 66.7 Å². The first-order valence-electron chi connectivity index (χ1n) is 12.8. The summed E-state index contributed by atoms with van der Waals surface area (Å²) in [5.41, 5.74) is 2.20. The van der Waals surface area contributed by atoms with Crippen molar-refractivity contribution in [2.24, 2.45) is 11.8 Å². The van der Waals surface area contributed by atoms with Crippen LogP contribution in [0.1, 0.15) is 58.2 Å². The molecule has 0 radical (unpaired) electrons. The molecule has 1 aliphatic rings. The van der Waals surface area contributed by atoms with Crippen molar-refractivity contribution in [1.29, 1.82) is 0 Å². The number of methoxy groups -OCH3 is 1. The van der Waals surface area contributed by atoms with Gasteiger partial charge in [0.05, 0.1) is 19.3 Å². The molecule has 1 amide bonds. The molecule has 0 fully saturated rings. The fourth-order valence-corrected chi connectivity index (χ4v) is 5.66. The van der Waals surface area contributed by atoms with E-state index in [4.69, 9.17) is 9.16 Å². The molecule has 2 aromatic rings. The second-order valence-corrected chi connectivity index (χ2v) is 16.3. The van der Waals surface area contributed by atoms with Crippen molar-refractivity contribution in [3.63, 3.8) is 0 Å². The quantitative estimate of drug-likeness (QED) is 0.298. The molecule has 1 aliphatic heterocycles. The normalized spacial score (nSPS) is 22.6. The van der Waals surface area contributed by atoms with Crippen molar-refractivity contribution >= 4 is 14.2 Å². The number of benzene rings is 2. The Morgan fingerprint density at radius 3 is 2.17 bits per heavy atom. The maximum atomic E-state index is 13.9. The van der Waals surface area contributed by atoms with Crippen molar-refractivity contribution in [1.82, 2.24) is 4.90 Å². The van der Waals surface area contributed by atoms with Crippen LogP contribution >= 0.6 is 0 Å². The highest BCUT2D eigenvalue weighted by Gasteiger charge is 2.42. The molecular weight excluding hydrogens is 450 g/mol. The lowest BCUT2D eigenvalue weighted by Gasteiger charge is -2.43. The average molecular weight is 494 g/mol. The summed E-state index contributed by atoms with van der Waals surface area (Å²) in [6.07, 6.45) is 4.82. The summed E-state index contributed by atoms with van der Waals surface area (Å²) >= 11 is 0. The molecule has 5 heteroatoms. The Kier molecular flexibility index (Phi) is 8.66. The van der Waals surface area contributed by atoms with E-state index in [9.17, 15) is 4.79 Å². The lowest BCUT2D eigenvalue weighted by atomic mass is 9.84. The summed E-state index contributed by atoms with van der Waals surface area (Å²) in [4.78, 5) is 15.9. The van der Waals surface area contributed by atoms with Gasteiger partial charge in [0.25, 0.3) is 0 Å². The maximum absolute atomic E-state index is 13.9. The molecule has 1 heterocycles. The first-order chi connectivity index (χ1) is 16.4. The molecule has 0 spiro atoms. The summed E-state index contributed by atoms with van der Waals surface area (Å²) in [5, 5.41) is 0.101. The van der Waals surface area contributed by atoms with E-state index >= 15 is 0 Å². The average Bonchev–Trinajstić information content (AvgIpc) is 2.80. The standard InChI is InChI=1S/C30H43NO3Si/c1-22(2)26-20-29(32)31(21-23-12-10-9-11-13-23)27(24-14-16-25(33-6)17-15-24)18-19-28(26)34-35(7,8)30(3,4)5/h9-19,22,26-28H,20-21H2,1-8H3/b19-18-/t26-,27+,28+/m0/s1. The van der Waals surface area contributed by atoms with Gasteiger partial charge in [0, 0.05) is 13.0 Å². The van der Waals surface area contributed by atoms with E-state index < -0.39 is 8.32 Å². The number of ether oxygens (including phenoxy) is 1. The molecule has 0 unspecified atom stereocenters. The van der Waals surface area contributed by atoms with Crippen LogP contribution in [0.3, 0.4) is 0 Å². The maximum Gasteiger partial charge on any atom is 0.224 e. The molecule has 0 bridgehead atoms. The Bertz CT molecular complexity index is 993. The highest BCUT2D eigenvalue weighted by molar-refractivity contribution is 6.74. The minimum absolute atomic E-state index is 0.0838. The fourth-order valence-electron chi connectivity index (χ4n) is 4.37. The van der Waals surface area contributed by atoms with Crippen molar-refractivity contribution in [2.75, 3.05) is 7.11 Å². The number of hydrogen-bond donors (Lipinski definition) is 0. The molecule has 2 aromatic carbocycles. The van der Waals surface area contributed by atoms with E-state index in [1.54, 1.807) is 7.11 Å². The predicted octanol–water partition coefficient (Wildman–Crippen LogP) is 7.39. The molecule has 4 nitrogen and oxygen atoms in total.